The SMILES string of the molecule is CC#CCCNc1ccc([N+](=O)[O-])c(OC(C)C)c1. The highest BCUT2D eigenvalue weighted by Gasteiger charge is 2.16. The Morgan fingerprint density at radius 2 is 2.21 bits per heavy atom. The summed E-state index contributed by atoms with van der Waals surface area (Å²) in [6, 6.07) is 4.77. The molecule has 5 heteroatoms. The first-order valence-corrected chi connectivity index (χ1v) is 6.13. The van der Waals surface area contributed by atoms with Crippen LogP contribution >= 0.6 is 0 Å². The summed E-state index contributed by atoms with van der Waals surface area (Å²) in [4.78, 5) is 10.5. The first-order valence-electron chi connectivity index (χ1n) is 6.13. The van der Waals surface area contributed by atoms with Crippen molar-refractivity contribution in [1.29, 1.82) is 0 Å². The predicted octanol–water partition coefficient (Wildman–Crippen LogP) is 3.21. The molecule has 0 atom stereocenters. The zero-order valence-corrected chi connectivity index (χ0v) is 11.4. The number of benzene rings is 1. The highest BCUT2D eigenvalue weighted by molar-refractivity contribution is 5.58. The second kappa shape index (κ2) is 7.27. The smallest absolute Gasteiger partial charge is 0.311 e. The minimum atomic E-state index is -0.440. The van der Waals surface area contributed by atoms with Crippen molar-refractivity contribution in [3.05, 3.63) is 28.3 Å². The van der Waals surface area contributed by atoms with Crippen LogP contribution in [0.1, 0.15) is 27.2 Å². The molecule has 0 amide bonds. The molecule has 1 N–H and O–H groups in total. The van der Waals surface area contributed by atoms with Crippen molar-refractivity contribution < 1.29 is 9.66 Å². The molecule has 0 aliphatic heterocycles. The Bertz CT molecular complexity index is 501. The van der Waals surface area contributed by atoms with E-state index >= 15 is 0 Å². The molecule has 1 aromatic carbocycles. The van der Waals surface area contributed by atoms with Gasteiger partial charge in [-0.2, -0.15) is 0 Å². The van der Waals surface area contributed by atoms with Crippen LogP contribution in [-0.4, -0.2) is 17.6 Å². The zero-order valence-electron chi connectivity index (χ0n) is 11.4. The lowest BCUT2D eigenvalue weighted by atomic mass is 10.2. The third-order valence-corrected chi connectivity index (χ3v) is 2.28. The van der Waals surface area contributed by atoms with Gasteiger partial charge in [-0.05, 0) is 26.8 Å². The van der Waals surface area contributed by atoms with Gasteiger partial charge in [0.2, 0.25) is 0 Å². The summed E-state index contributed by atoms with van der Waals surface area (Å²) < 4.78 is 5.47. The number of hydrogen-bond acceptors (Lipinski definition) is 4. The van der Waals surface area contributed by atoms with Crippen LogP contribution in [-0.2, 0) is 0 Å². The molecule has 0 bridgehead atoms. The summed E-state index contributed by atoms with van der Waals surface area (Å²) in [5.41, 5.74) is 0.770. The van der Waals surface area contributed by atoms with E-state index in [1.54, 1.807) is 19.1 Å². The van der Waals surface area contributed by atoms with Crippen LogP contribution < -0.4 is 10.1 Å². The molecular weight excluding hydrogens is 244 g/mol. The lowest BCUT2D eigenvalue weighted by Crippen LogP contribution is -2.08. The molecule has 0 saturated heterocycles. The third-order valence-electron chi connectivity index (χ3n) is 2.28. The standard InChI is InChI=1S/C14H18N2O3/c1-4-5-6-9-15-12-7-8-13(16(17)18)14(10-12)19-11(2)3/h7-8,10-11,15H,6,9H2,1-3H3. The van der Waals surface area contributed by atoms with E-state index in [2.05, 4.69) is 17.2 Å². The largest absolute Gasteiger partial charge is 0.484 e. The molecular formula is C14H18N2O3. The van der Waals surface area contributed by atoms with Crippen molar-refractivity contribution in [1.82, 2.24) is 0 Å². The first-order chi connectivity index (χ1) is 9.04. The van der Waals surface area contributed by atoms with Crippen molar-refractivity contribution in [3.8, 4) is 17.6 Å². The minimum Gasteiger partial charge on any atom is -0.484 e. The lowest BCUT2D eigenvalue weighted by Gasteiger charge is -2.12. The van der Waals surface area contributed by atoms with Crippen molar-refractivity contribution in [3.63, 3.8) is 0 Å². The van der Waals surface area contributed by atoms with Gasteiger partial charge in [-0.3, -0.25) is 10.1 Å². The van der Waals surface area contributed by atoms with Crippen LogP contribution in [0.5, 0.6) is 5.75 Å². The van der Waals surface area contributed by atoms with Crippen LogP contribution in [0.15, 0.2) is 18.2 Å². The normalized spacial score (nSPS) is 9.68. The van der Waals surface area contributed by atoms with Crippen LogP contribution in [0, 0.1) is 22.0 Å². The zero-order chi connectivity index (χ0) is 14.3. The summed E-state index contributed by atoms with van der Waals surface area (Å²) in [6.07, 6.45) is 0.619. The summed E-state index contributed by atoms with van der Waals surface area (Å²) in [7, 11) is 0. The molecule has 0 fully saturated rings. The van der Waals surface area contributed by atoms with Gasteiger partial charge in [0, 0.05) is 30.8 Å². The maximum Gasteiger partial charge on any atom is 0.311 e. The molecule has 0 aromatic heterocycles. The van der Waals surface area contributed by atoms with Crippen LogP contribution in [0.25, 0.3) is 0 Å². The summed E-state index contributed by atoms with van der Waals surface area (Å²) in [5, 5.41) is 14.1. The molecule has 0 unspecified atom stereocenters. The molecule has 19 heavy (non-hydrogen) atoms. The summed E-state index contributed by atoms with van der Waals surface area (Å²) in [5.74, 6) is 6.04. The highest BCUT2D eigenvalue weighted by Crippen LogP contribution is 2.30. The highest BCUT2D eigenvalue weighted by atomic mass is 16.6. The number of anilines is 1. The summed E-state index contributed by atoms with van der Waals surface area (Å²) in [6.45, 7) is 6.15. The van der Waals surface area contributed by atoms with Gasteiger partial charge in [0.05, 0.1) is 11.0 Å². The van der Waals surface area contributed by atoms with E-state index in [0.717, 1.165) is 12.1 Å². The topological polar surface area (TPSA) is 64.4 Å². The second-order valence-electron chi connectivity index (χ2n) is 4.21. The van der Waals surface area contributed by atoms with Crippen LogP contribution in [0.2, 0.25) is 0 Å². The molecule has 1 aromatic rings. The average molecular weight is 262 g/mol. The van der Waals surface area contributed by atoms with Crippen LogP contribution in [0.3, 0.4) is 0 Å². The second-order valence-corrected chi connectivity index (χ2v) is 4.21. The Labute approximate surface area is 113 Å². The fourth-order valence-corrected chi connectivity index (χ4v) is 1.52. The number of rotatable bonds is 6. The summed E-state index contributed by atoms with van der Waals surface area (Å²) >= 11 is 0. The van der Waals surface area contributed by atoms with Gasteiger partial charge in [0.1, 0.15) is 0 Å². The van der Waals surface area contributed by atoms with Crippen molar-refractivity contribution in [2.75, 3.05) is 11.9 Å². The Hall–Kier alpha value is -2.22. The number of ether oxygens (including phenoxy) is 1. The monoisotopic (exact) mass is 262 g/mol. The average Bonchev–Trinajstić information content (AvgIpc) is 2.34. The van der Waals surface area contributed by atoms with Crippen molar-refractivity contribution in [2.45, 2.75) is 33.3 Å². The third kappa shape index (κ3) is 4.88. The maximum absolute atomic E-state index is 10.9. The molecule has 1 rings (SSSR count). The van der Waals surface area contributed by atoms with Gasteiger partial charge >= 0.3 is 5.69 Å². The van der Waals surface area contributed by atoms with Gasteiger partial charge in [0.25, 0.3) is 0 Å². The maximum atomic E-state index is 10.9. The van der Waals surface area contributed by atoms with Gasteiger partial charge in [-0.1, -0.05) is 0 Å². The Morgan fingerprint density at radius 1 is 1.47 bits per heavy atom. The van der Waals surface area contributed by atoms with Crippen LogP contribution in [0.4, 0.5) is 11.4 Å². The van der Waals surface area contributed by atoms with E-state index in [4.69, 9.17) is 4.74 Å². The minimum absolute atomic E-state index is 0.0207. The van der Waals surface area contributed by atoms with Gasteiger partial charge in [0.15, 0.2) is 5.75 Å². The fourth-order valence-electron chi connectivity index (χ4n) is 1.52. The quantitative estimate of drug-likeness (QED) is 0.370. The number of nitrogens with one attached hydrogen (secondary N) is 1. The number of nitro groups is 1. The molecule has 0 saturated carbocycles. The fraction of sp³-hybridized carbons (Fsp3) is 0.429. The lowest BCUT2D eigenvalue weighted by molar-refractivity contribution is -0.386. The number of nitrogens with zero attached hydrogens (tertiary/aromatic N) is 1. The molecule has 102 valence electrons. The molecule has 0 aliphatic rings. The van der Waals surface area contributed by atoms with E-state index in [-0.39, 0.29) is 17.5 Å². The number of nitro benzene ring substituents is 1. The van der Waals surface area contributed by atoms with E-state index in [1.165, 1.54) is 6.07 Å². The number of hydrogen-bond donors (Lipinski definition) is 1. The van der Waals surface area contributed by atoms with Gasteiger partial charge in [-0.25, -0.2) is 0 Å². The first kappa shape index (κ1) is 14.8. The van der Waals surface area contributed by atoms with E-state index in [9.17, 15) is 10.1 Å². The van der Waals surface area contributed by atoms with E-state index in [0.29, 0.717) is 6.54 Å². The Morgan fingerprint density at radius 3 is 2.79 bits per heavy atom. The molecule has 0 spiro atoms. The molecule has 0 aliphatic carbocycles. The van der Waals surface area contributed by atoms with E-state index < -0.39 is 4.92 Å². The van der Waals surface area contributed by atoms with E-state index in [1.807, 2.05) is 13.8 Å². The molecule has 0 heterocycles. The Balaban J connectivity index is 2.84. The van der Waals surface area contributed by atoms with Crippen molar-refractivity contribution >= 4 is 11.4 Å². The predicted molar refractivity (Wildman–Crippen MR) is 75.4 cm³/mol. The van der Waals surface area contributed by atoms with Crippen molar-refractivity contribution in [2.24, 2.45) is 0 Å². The van der Waals surface area contributed by atoms with Gasteiger partial charge in [-0.15, -0.1) is 11.8 Å². The van der Waals surface area contributed by atoms with Gasteiger partial charge < -0.3 is 10.1 Å². The molecule has 5 nitrogen and oxygen atoms in total. The molecule has 0 radical (unpaired) electrons. The Kier molecular flexibility index (Phi) is 5.68.